The molecule has 0 amide bonds. The van der Waals surface area contributed by atoms with Gasteiger partial charge in [-0.2, -0.15) is 4.68 Å². The van der Waals surface area contributed by atoms with Gasteiger partial charge >= 0.3 is 5.97 Å². The van der Waals surface area contributed by atoms with E-state index in [4.69, 9.17) is 10.2 Å². The normalized spacial score (nSPS) is 11.1. The van der Waals surface area contributed by atoms with Gasteiger partial charge in [0.25, 0.3) is 5.56 Å². The number of benzene rings is 2. The van der Waals surface area contributed by atoms with Crippen LogP contribution in [0.4, 0.5) is 8.78 Å². The van der Waals surface area contributed by atoms with Crippen molar-refractivity contribution in [3.63, 3.8) is 0 Å². The summed E-state index contributed by atoms with van der Waals surface area (Å²) < 4.78 is 28.4. The van der Waals surface area contributed by atoms with E-state index in [1.807, 2.05) is 18.2 Å². The summed E-state index contributed by atoms with van der Waals surface area (Å²) in [5, 5.41) is 19.0. The van der Waals surface area contributed by atoms with Crippen molar-refractivity contribution in [2.24, 2.45) is 5.14 Å². The maximum Gasteiger partial charge on any atom is 0.355 e. The number of H-pyrrole nitrogens is 1. The average molecular weight is 460 g/mol. The Morgan fingerprint density at radius 2 is 2.03 bits per heavy atom. The van der Waals surface area contributed by atoms with Crippen molar-refractivity contribution in [2.75, 3.05) is 0 Å². The van der Waals surface area contributed by atoms with Crippen LogP contribution in [0.1, 0.15) is 21.6 Å². The van der Waals surface area contributed by atoms with Crippen molar-refractivity contribution in [3.05, 3.63) is 86.7 Å². The topological polar surface area (TPSA) is 114 Å². The van der Waals surface area contributed by atoms with Gasteiger partial charge in [-0.3, -0.25) is 15.0 Å². The van der Waals surface area contributed by atoms with Crippen LogP contribution in [0.2, 0.25) is 0 Å². The van der Waals surface area contributed by atoms with Gasteiger partial charge in [0.1, 0.15) is 0 Å². The second kappa shape index (κ2) is 8.46. The smallest absolute Gasteiger partial charge is 0.355 e. The van der Waals surface area contributed by atoms with Crippen LogP contribution in [-0.4, -0.2) is 25.8 Å². The largest absolute Gasteiger partial charge is 0.476 e. The number of carboxylic acid groups (broad SMARTS) is 1. The van der Waals surface area contributed by atoms with Gasteiger partial charge in [0, 0.05) is 27.8 Å². The molecule has 0 aliphatic heterocycles. The van der Waals surface area contributed by atoms with Crippen molar-refractivity contribution >= 4 is 29.3 Å². The highest BCUT2D eigenvalue weighted by Crippen LogP contribution is 2.26. The van der Waals surface area contributed by atoms with Crippen molar-refractivity contribution in [2.45, 2.75) is 11.3 Å². The van der Waals surface area contributed by atoms with Gasteiger partial charge in [0.05, 0.1) is 5.69 Å². The molecule has 0 bridgehead atoms. The summed E-state index contributed by atoms with van der Waals surface area (Å²) in [6, 6.07) is 10.6. The number of hydrogen-bond acceptors (Lipinski definition) is 6. The second-order valence-electron chi connectivity index (χ2n) is 6.50. The molecule has 7 nitrogen and oxygen atoms in total. The fourth-order valence-electron chi connectivity index (χ4n) is 3.06. The summed E-state index contributed by atoms with van der Waals surface area (Å²) in [7, 11) is 0. The van der Waals surface area contributed by atoms with Crippen LogP contribution in [0, 0.1) is 11.6 Å². The van der Waals surface area contributed by atoms with Gasteiger partial charge in [-0.1, -0.05) is 12.1 Å². The fraction of sp³-hybridized carbons (Fsp3) is 0.0500. The molecule has 0 radical (unpaired) electrons. The summed E-state index contributed by atoms with van der Waals surface area (Å²) in [5.41, 5.74) is 0.943. The Bertz CT molecular complexity index is 1350. The molecule has 2 aromatic heterocycles. The number of rotatable bonds is 6. The van der Waals surface area contributed by atoms with E-state index in [9.17, 15) is 18.4 Å². The molecule has 0 unspecified atom stereocenters. The zero-order valence-corrected chi connectivity index (χ0v) is 17.3. The molecule has 4 rings (SSSR count). The van der Waals surface area contributed by atoms with E-state index >= 15 is 0 Å². The molecule has 0 saturated carbocycles. The fourth-order valence-corrected chi connectivity index (χ4v) is 4.19. The number of carbonyl (C=O) groups is 1. The van der Waals surface area contributed by atoms with E-state index in [1.54, 1.807) is 6.07 Å². The molecule has 0 atom stereocenters. The molecule has 158 valence electrons. The van der Waals surface area contributed by atoms with Gasteiger partial charge in [0.2, 0.25) is 5.13 Å². The van der Waals surface area contributed by atoms with Crippen molar-refractivity contribution in [1.82, 2.24) is 14.8 Å². The molecule has 4 N–H and O–H groups in total. The first-order valence-corrected chi connectivity index (χ1v) is 10.6. The maximum absolute atomic E-state index is 13.9. The minimum Gasteiger partial charge on any atom is -0.476 e. The summed E-state index contributed by atoms with van der Waals surface area (Å²) in [4.78, 5) is 29.1. The molecule has 0 aliphatic rings. The predicted octanol–water partition coefficient (Wildman–Crippen LogP) is 3.82. The third kappa shape index (κ3) is 4.15. The lowest BCUT2D eigenvalue weighted by atomic mass is 10.0. The summed E-state index contributed by atoms with van der Waals surface area (Å²) in [5.74, 6) is -3.29. The van der Waals surface area contributed by atoms with E-state index < -0.39 is 23.2 Å². The van der Waals surface area contributed by atoms with Gasteiger partial charge in [0.15, 0.2) is 17.3 Å². The lowest BCUT2D eigenvalue weighted by Crippen LogP contribution is -2.17. The number of aromatic amines is 1. The number of aromatic nitrogens is 3. The number of carboxylic acids is 1. The molecular weight excluding hydrogens is 446 g/mol. The van der Waals surface area contributed by atoms with E-state index in [2.05, 4.69) is 10.1 Å². The number of thiazole rings is 1. The van der Waals surface area contributed by atoms with E-state index in [0.29, 0.717) is 0 Å². The Morgan fingerprint density at radius 3 is 2.71 bits per heavy atom. The molecule has 2 heterocycles. The zero-order chi connectivity index (χ0) is 22.1. The standard InChI is InChI=1S/C20H14F2N4O3S2/c21-14-5-4-11(8-15(14)22)17-13(7-10-2-1-3-12(6-10)31-23)18(27)26(25-17)20-24-16(9-30-20)19(28)29/h1-6,8-9,25H,7,23H2,(H,28,29). The molecule has 11 heteroatoms. The first-order chi connectivity index (χ1) is 14.9. The van der Waals surface area contributed by atoms with Crippen LogP contribution in [0.3, 0.4) is 0 Å². The molecule has 0 fully saturated rings. The highest BCUT2D eigenvalue weighted by molar-refractivity contribution is 7.97. The lowest BCUT2D eigenvalue weighted by molar-refractivity contribution is 0.0691. The highest BCUT2D eigenvalue weighted by atomic mass is 32.2. The molecule has 2 aromatic carbocycles. The zero-order valence-electron chi connectivity index (χ0n) is 15.6. The van der Waals surface area contributed by atoms with E-state index in [0.717, 1.165) is 50.6 Å². The Morgan fingerprint density at radius 1 is 1.23 bits per heavy atom. The Hall–Kier alpha value is -3.28. The van der Waals surface area contributed by atoms with Gasteiger partial charge in [-0.25, -0.2) is 18.6 Å². The third-order valence-corrected chi connectivity index (χ3v) is 5.86. The second-order valence-corrected chi connectivity index (χ2v) is 8.04. The van der Waals surface area contributed by atoms with Crippen LogP contribution < -0.4 is 10.7 Å². The van der Waals surface area contributed by atoms with Gasteiger partial charge in [-0.05, 0) is 47.8 Å². The molecular formula is C20H14F2N4O3S2. The number of halogens is 2. The minimum absolute atomic E-state index is 0.115. The van der Waals surface area contributed by atoms with Crippen LogP contribution in [0.15, 0.2) is 57.5 Å². The van der Waals surface area contributed by atoms with Crippen molar-refractivity contribution in [1.29, 1.82) is 0 Å². The Kier molecular flexibility index (Phi) is 5.72. The first-order valence-electron chi connectivity index (χ1n) is 8.81. The molecule has 4 aromatic rings. The lowest BCUT2D eigenvalue weighted by Gasteiger charge is -2.05. The molecule has 0 spiro atoms. The van der Waals surface area contributed by atoms with Crippen LogP contribution in [0.5, 0.6) is 0 Å². The van der Waals surface area contributed by atoms with Crippen LogP contribution in [-0.2, 0) is 6.42 Å². The summed E-state index contributed by atoms with van der Waals surface area (Å²) in [6.07, 6.45) is 0.183. The molecule has 0 aliphatic carbocycles. The summed E-state index contributed by atoms with van der Waals surface area (Å²) >= 11 is 2.03. The van der Waals surface area contributed by atoms with E-state index in [1.165, 1.54) is 11.4 Å². The van der Waals surface area contributed by atoms with Crippen molar-refractivity contribution in [3.8, 4) is 16.4 Å². The third-order valence-electron chi connectivity index (χ3n) is 4.51. The number of aromatic carboxylic acids is 1. The number of nitrogens with two attached hydrogens (primary N) is 1. The molecule has 31 heavy (non-hydrogen) atoms. The number of nitrogens with one attached hydrogen (secondary N) is 1. The summed E-state index contributed by atoms with van der Waals surface area (Å²) in [6.45, 7) is 0. The SMILES string of the molecule is NSc1cccc(Cc2c(-c3ccc(F)c(F)c3)[nH]n(-c3nc(C(=O)O)cs3)c2=O)c1. The quantitative estimate of drug-likeness (QED) is 0.377. The first kappa shape index (κ1) is 21.0. The Labute approximate surface area is 182 Å². The van der Waals surface area contributed by atoms with Gasteiger partial charge in [-0.15, -0.1) is 11.3 Å². The van der Waals surface area contributed by atoms with Crippen LogP contribution >= 0.6 is 23.3 Å². The van der Waals surface area contributed by atoms with Crippen LogP contribution in [0.25, 0.3) is 16.4 Å². The van der Waals surface area contributed by atoms with Crippen molar-refractivity contribution < 1.29 is 18.7 Å². The highest BCUT2D eigenvalue weighted by Gasteiger charge is 2.21. The molecule has 0 saturated heterocycles. The minimum atomic E-state index is -1.22. The van der Waals surface area contributed by atoms with E-state index in [-0.39, 0.29) is 34.1 Å². The monoisotopic (exact) mass is 460 g/mol. The van der Waals surface area contributed by atoms with Gasteiger partial charge < -0.3 is 5.11 Å². The number of hydrogen-bond donors (Lipinski definition) is 3. The maximum atomic E-state index is 13.9. The number of nitrogens with zero attached hydrogens (tertiary/aromatic N) is 2. The predicted molar refractivity (Wildman–Crippen MR) is 114 cm³/mol. The average Bonchev–Trinajstić information content (AvgIpc) is 3.36. The Balaban J connectivity index is 1.87.